The molecule has 124 valence electrons. The van der Waals surface area contributed by atoms with Gasteiger partial charge in [-0.2, -0.15) is 0 Å². The zero-order valence-electron chi connectivity index (χ0n) is 12.4. The Bertz CT molecular complexity index is 477. The lowest BCUT2D eigenvalue weighted by Gasteiger charge is -2.28. The van der Waals surface area contributed by atoms with E-state index in [9.17, 15) is 16.8 Å². The van der Waals surface area contributed by atoms with Crippen molar-refractivity contribution < 1.29 is 16.8 Å². The molecule has 0 spiro atoms. The molecule has 0 aromatic rings. The maximum Gasteiger partial charge on any atom is 0.215 e. The molecule has 0 fully saturated rings. The van der Waals surface area contributed by atoms with Gasteiger partial charge >= 0.3 is 0 Å². The van der Waals surface area contributed by atoms with Crippen LogP contribution in [0.2, 0.25) is 0 Å². The van der Waals surface area contributed by atoms with Crippen LogP contribution in [0.3, 0.4) is 0 Å². The summed E-state index contributed by atoms with van der Waals surface area (Å²) in [6, 6.07) is 0. The fourth-order valence-electron chi connectivity index (χ4n) is 1.35. The van der Waals surface area contributed by atoms with Crippen molar-refractivity contribution in [2.24, 2.45) is 11.1 Å². The summed E-state index contributed by atoms with van der Waals surface area (Å²) in [6.07, 6.45) is 0. The number of rotatable bonds is 9. The van der Waals surface area contributed by atoms with Crippen molar-refractivity contribution in [3.05, 3.63) is 0 Å². The molecular weight excluding hydrogens is 326 g/mol. The second kappa shape index (κ2) is 8.50. The smallest absolute Gasteiger partial charge is 0.215 e. The number of nitrogens with one attached hydrogen (secondary N) is 1. The summed E-state index contributed by atoms with van der Waals surface area (Å²) in [5.41, 5.74) is 5.25. The molecule has 0 saturated heterocycles. The minimum atomic E-state index is -3.48. The van der Waals surface area contributed by atoms with Gasteiger partial charge in [-0.05, 0) is 18.9 Å². The first-order valence-electron chi connectivity index (χ1n) is 6.07. The second-order valence-corrected chi connectivity index (χ2v) is 9.53. The van der Waals surface area contributed by atoms with Crippen molar-refractivity contribution in [1.82, 2.24) is 9.03 Å². The highest BCUT2D eigenvalue weighted by molar-refractivity contribution is 7.90. The minimum Gasteiger partial charge on any atom is -0.330 e. The molecule has 0 atom stereocenters. The van der Waals surface area contributed by atoms with Crippen LogP contribution in [0.25, 0.3) is 0 Å². The maximum atomic E-state index is 11.9. The standard InChI is InChI=1S/C10H25N3O4S2.ClH/c1-5-18(14,15)12-6-7-19(16,17)13(4)9-10(2,3)8-11;/h12H,5-9,11H2,1-4H3;1H. The van der Waals surface area contributed by atoms with E-state index in [1.807, 2.05) is 13.8 Å². The zero-order chi connectivity index (χ0) is 15.3. The SMILES string of the molecule is CCS(=O)(=O)NCCS(=O)(=O)N(C)CC(C)(C)CN.Cl. The van der Waals surface area contributed by atoms with Crippen molar-refractivity contribution in [3.63, 3.8) is 0 Å². The van der Waals surface area contributed by atoms with Gasteiger partial charge < -0.3 is 5.73 Å². The van der Waals surface area contributed by atoms with Crippen molar-refractivity contribution in [2.75, 3.05) is 38.2 Å². The van der Waals surface area contributed by atoms with Crippen LogP contribution >= 0.6 is 12.4 Å². The lowest BCUT2D eigenvalue weighted by molar-refractivity contribution is 0.292. The summed E-state index contributed by atoms with van der Waals surface area (Å²) < 4.78 is 49.7. The number of hydrogen-bond donors (Lipinski definition) is 2. The number of halogens is 1. The molecule has 0 amide bonds. The van der Waals surface area contributed by atoms with Gasteiger partial charge in [0.25, 0.3) is 0 Å². The van der Waals surface area contributed by atoms with Gasteiger partial charge in [-0.1, -0.05) is 13.8 Å². The van der Waals surface area contributed by atoms with Crippen LogP contribution in [-0.4, -0.2) is 59.3 Å². The summed E-state index contributed by atoms with van der Waals surface area (Å²) in [5.74, 6) is -0.327. The van der Waals surface area contributed by atoms with Gasteiger partial charge in [0.05, 0.1) is 11.5 Å². The van der Waals surface area contributed by atoms with Crippen LogP contribution in [0, 0.1) is 5.41 Å². The summed E-state index contributed by atoms with van der Waals surface area (Å²) in [7, 11) is -5.37. The molecule has 0 saturated carbocycles. The molecule has 0 aliphatic rings. The van der Waals surface area contributed by atoms with E-state index in [1.165, 1.54) is 18.3 Å². The molecule has 0 heterocycles. The van der Waals surface area contributed by atoms with E-state index in [1.54, 1.807) is 0 Å². The monoisotopic (exact) mass is 351 g/mol. The predicted molar refractivity (Wildman–Crippen MR) is 84.0 cm³/mol. The zero-order valence-corrected chi connectivity index (χ0v) is 14.9. The first-order chi connectivity index (χ1) is 8.46. The van der Waals surface area contributed by atoms with E-state index in [-0.39, 0.29) is 35.9 Å². The Morgan fingerprint density at radius 2 is 1.70 bits per heavy atom. The highest BCUT2D eigenvalue weighted by atomic mass is 35.5. The average molecular weight is 352 g/mol. The molecule has 0 bridgehead atoms. The fraction of sp³-hybridized carbons (Fsp3) is 1.00. The average Bonchev–Trinajstić information content (AvgIpc) is 2.28. The third-order valence-electron chi connectivity index (χ3n) is 2.74. The Morgan fingerprint density at radius 1 is 1.20 bits per heavy atom. The molecule has 0 unspecified atom stereocenters. The molecule has 0 radical (unpaired) electrons. The lowest BCUT2D eigenvalue weighted by atomic mass is 9.94. The minimum absolute atomic E-state index is 0. The Kier molecular flexibility index (Phi) is 9.50. The van der Waals surface area contributed by atoms with E-state index >= 15 is 0 Å². The first-order valence-corrected chi connectivity index (χ1v) is 9.33. The van der Waals surface area contributed by atoms with Gasteiger partial charge in [-0.25, -0.2) is 25.9 Å². The summed E-state index contributed by atoms with van der Waals surface area (Å²) in [4.78, 5) is 0. The highest BCUT2D eigenvalue weighted by Crippen LogP contribution is 2.15. The summed E-state index contributed by atoms with van der Waals surface area (Å²) >= 11 is 0. The van der Waals surface area contributed by atoms with Gasteiger partial charge in [0.1, 0.15) is 0 Å². The van der Waals surface area contributed by atoms with Gasteiger partial charge in [0.15, 0.2) is 0 Å². The van der Waals surface area contributed by atoms with Gasteiger partial charge in [0, 0.05) is 20.1 Å². The largest absolute Gasteiger partial charge is 0.330 e. The number of nitrogens with two attached hydrogens (primary N) is 1. The van der Waals surface area contributed by atoms with E-state index in [2.05, 4.69) is 4.72 Å². The van der Waals surface area contributed by atoms with E-state index in [0.29, 0.717) is 13.1 Å². The fourth-order valence-corrected chi connectivity index (χ4v) is 3.31. The van der Waals surface area contributed by atoms with E-state index in [4.69, 9.17) is 5.73 Å². The molecule has 0 aromatic carbocycles. The molecule has 0 rings (SSSR count). The maximum absolute atomic E-state index is 11.9. The van der Waals surface area contributed by atoms with Crippen LogP contribution in [0.4, 0.5) is 0 Å². The topological polar surface area (TPSA) is 110 Å². The quantitative estimate of drug-likeness (QED) is 0.587. The van der Waals surface area contributed by atoms with Crippen LogP contribution in [0.15, 0.2) is 0 Å². The highest BCUT2D eigenvalue weighted by Gasteiger charge is 2.25. The predicted octanol–water partition coefficient (Wildman–Crippen LogP) is -0.406. The van der Waals surface area contributed by atoms with E-state index in [0.717, 1.165) is 0 Å². The van der Waals surface area contributed by atoms with Gasteiger partial charge in [0.2, 0.25) is 20.0 Å². The summed E-state index contributed by atoms with van der Waals surface area (Å²) in [6.45, 7) is 5.79. The molecule has 3 N–H and O–H groups in total. The third-order valence-corrected chi connectivity index (χ3v) is 5.94. The summed E-state index contributed by atoms with van der Waals surface area (Å²) in [5, 5.41) is 0. The van der Waals surface area contributed by atoms with Crippen LogP contribution < -0.4 is 10.5 Å². The Hall–Kier alpha value is 0.0700. The van der Waals surface area contributed by atoms with Crippen LogP contribution in [-0.2, 0) is 20.0 Å². The molecule has 0 aliphatic carbocycles. The molecule has 0 aromatic heterocycles. The molecule has 7 nitrogen and oxygen atoms in total. The molecular formula is C10H26ClN3O4S2. The van der Waals surface area contributed by atoms with Crippen molar-refractivity contribution in [2.45, 2.75) is 20.8 Å². The number of nitrogens with zero attached hydrogens (tertiary/aromatic N) is 1. The van der Waals surface area contributed by atoms with Crippen molar-refractivity contribution in [3.8, 4) is 0 Å². The number of sulfonamides is 2. The Balaban J connectivity index is 0. The van der Waals surface area contributed by atoms with Crippen molar-refractivity contribution >= 4 is 32.5 Å². The Labute approximate surface area is 128 Å². The normalized spacial score (nSPS) is 13.3. The lowest BCUT2D eigenvalue weighted by Crippen LogP contribution is -2.42. The van der Waals surface area contributed by atoms with E-state index < -0.39 is 20.0 Å². The number of hydrogen-bond acceptors (Lipinski definition) is 5. The van der Waals surface area contributed by atoms with Crippen LogP contribution in [0.1, 0.15) is 20.8 Å². The first kappa shape index (κ1) is 22.4. The second-order valence-electron chi connectivity index (χ2n) is 5.24. The Morgan fingerprint density at radius 3 is 2.10 bits per heavy atom. The van der Waals surface area contributed by atoms with Crippen molar-refractivity contribution in [1.29, 1.82) is 0 Å². The third kappa shape index (κ3) is 8.38. The van der Waals surface area contributed by atoms with Gasteiger partial charge in [-0.3, -0.25) is 0 Å². The van der Waals surface area contributed by atoms with Gasteiger partial charge in [-0.15, -0.1) is 12.4 Å². The van der Waals surface area contributed by atoms with Crippen LogP contribution in [0.5, 0.6) is 0 Å². The molecule has 0 aliphatic heterocycles. The molecule has 20 heavy (non-hydrogen) atoms. The molecule has 10 heteroatoms.